The van der Waals surface area contributed by atoms with Gasteiger partial charge in [-0.3, -0.25) is 4.79 Å². The third-order valence-electron chi connectivity index (χ3n) is 4.42. The molecule has 1 aromatic rings. The van der Waals surface area contributed by atoms with Crippen molar-refractivity contribution in [3.05, 3.63) is 29.8 Å². The van der Waals surface area contributed by atoms with Gasteiger partial charge >= 0.3 is 6.61 Å². The molecule has 1 aliphatic heterocycles. The van der Waals surface area contributed by atoms with Crippen LogP contribution in [0.2, 0.25) is 0 Å². The second kappa shape index (κ2) is 8.83. The predicted molar refractivity (Wildman–Crippen MR) is 92.9 cm³/mol. The first-order chi connectivity index (χ1) is 11.9. The molecular weight excluding hydrogens is 328 g/mol. The van der Waals surface area contributed by atoms with E-state index in [1.807, 2.05) is 4.90 Å². The van der Waals surface area contributed by atoms with Crippen LogP contribution in [0.5, 0.6) is 11.5 Å². The minimum absolute atomic E-state index is 0.0229. The highest BCUT2D eigenvalue weighted by Gasteiger charge is 2.27. The summed E-state index contributed by atoms with van der Waals surface area (Å²) in [5.41, 5.74) is 0.685. The Balaban J connectivity index is 2.11. The van der Waals surface area contributed by atoms with E-state index in [-0.39, 0.29) is 23.4 Å². The van der Waals surface area contributed by atoms with E-state index in [1.54, 1.807) is 18.2 Å². The SMILES string of the molecule is COc1cc(/C=C/C(=O)N2CCCCC2C(C)C)ccc1OC(F)F. The van der Waals surface area contributed by atoms with Gasteiger partial charge in [0.2, 0.25) is 5.91 Å². The third-order valence-corrected chi connectivity index (χ3v) is 4.42. The fourth-order valence-corrected chi connectivity index (χ4v) is 3.17. The largest absolute Gasteiger partial charge is 0.493 e. The van der Waals surface area contributed by atoms with E-state index in [2.05, 4.69) is 18.6 Å². The van der Waals surface area contributed by atoms with Gasteiger partial charge in [0.1, 0.15) is 0 Å². The van der Waals surface area contributed by atoms with Gasteiger partial charge in [0, 0.05) is 18.7 Å². The average Bonchev–Trinajstić information content (AvgIpc) is 2.60. The normalized spacial score (nSPS) is 18.2. The first-order valence-electron chi connectivity index (χ1n) is 8.54. The molecule has 0 aromatic heterocycles. The zero-order valence-electron chi connectivity index (χ0n) is 14.9. The number of rotatable bonds is 6. The molecule has 0 saturated carbocycles. The van der Waals surface area contributed by atoms with Crippen LogP contribution in [0, 0.1) is 5.92 Å². The molecule has 1 heterocycles. The van der Waals surface area contributed by atoms with Crippen LogP contribution in [-0.2, 0) is 4.79 Å². The fourth-order valence-electron chi connectivity index (χ4n) is 3.17. The number of hydrogen-bond acceptors (Lipinski definition) is 3. The Labute approximate surface area is 147 Å². The summed E-state index contributed by atoms with van der Waals surface area (Å²) in [5.74, 6) is 0.568. The molecule has 4 nitrogen and oxygen atoms in total. The second-order valence-electron chi connectivity index (χ2n) is 6.46. The first kappa shape index (κ1) is 19.2. The number of ether oxygens (including phenoxy) is 2. The van der Waals surface area contributed by atoms with E-state index < -0.39 is 6.61 Å². The molecule has 1 saturated heterocycles. The quantitative estimate of drug-likeness (QED) is 0.714. The number of nitrogens with zero attached hydrogens (tertiary/aromatic N) is 1. The van der Waals surface area contributed by atoms with Crippen molar-refractivity contribution in [2.45, 2.75) is 45.8 Å². The number of amides is 1. The number of halogens is 2. The lowest BCUT2D eigenvalue weighted by atomic mass is 9.92. The summed E-state index contributed by atoms with van der Waals surface area (Å²) < 4.78 is 34.2. The molecule has 0 N–H and O–H groups in total. The van der Waals surface area contributed by atoms with Crippen LogP contribution in [0.1, 0.15) is 38.7 Å². The molecule has 138 valence electrons. The summed E-state index contributed by atoms with van der Waals surface area (Å²) in [6.45, 7) is 2.12. The Morgan fingerprint density at radius 1 is 1.28 bits per heavy atom. The number of benzene rings is 1. The zero-order chi connectivity index (χ0) is 18.4. The Kier molecular flexibility index (Phi) is 6.79. The molecule has 1 aliphatic rings. The van der Waals surface area contributed by atoms with Crippen molar-refractivity contribution in [1.82, 2.24) is 4.90 Å². The molecule has 25 heavy (non-hydrogen) atoms. The molecule has 0 radical (unpaired) electrons. The minimum atomic E-state index is -2.91. The summed E-state index contributed by atoms with van der Waals surface area (Å²) in [7, 11) is 1.38. The number of carbonyl (C=O) groups excluding carboxylic acids is 1. The minimum Gasteiger partial charge on any atom is -0.493 e. The van der Waals surface area contributed by atoms with Crippen molar-refractivity contribution in [2.24, 2.45) is 5.92 Å². The van der Waals surface area contributed by atoms with Crippen LogP contribution in [0.4, 0.5) is 8.78 Å². The molecular formula is C19H25F2NO3. The number of hydrogen-bond donors (Lipinski definition) is 0. The van der Waals surface area contributed by atoms with Gasteiger partial charge in [0.25, 0.3) is 0 Å². The van der Waals surface area contributed by atoms with Crippen LogP contribution >= 0.6 is 0 Å². The highest BCUT2D eigenvalue weighted by atomic mass is 19.3. The van der Waals surface area contributed by atoms with Crippen LogP contribution in [-0.4, -0.2) is 37.1 Å². The van der Waals surface area contributed by atoms with Crippen LogP contribution in [0.25, 0.3) is 6.08 Å². The maximum absolute atomic E-state index is 12.5. The Morgan fingerprint density at radius 2 is 2.04 bits per heavy atom. The maximum Gasteiger partial charge on any atom is 0.387 e. The molecule has 0 aliphatic carbocycles. The van der Waals surface area contributed by atoms with E-state index in [1.165, 1.54) is 19.3 Å². The van der Waals surface area contributed by atoms with Gasteiger partial charge < -0.3 is 14.4 Å². The smallest absolute Gasteiger partial charge is 0.387 e. The van der Waals surface area contributed by atoms with E-state index >= 15 is 0 Å². The Bertz CT molecular complexity index is 617. The third kappa shape index (κ3) is 5.18. The second-order valence-corrected chi connectivity index (χ2v) is 6.46. The maximum atomic E-state index is 12.5. The van der Waals surface area contributed by atoms with Crippen LogP contribution < -0.4 is 9.47 Å². The molecule has 2 rings (SSSR count). The van der Waals surface area contributed by atoms with Crippen molar-refractivity contribution in [2.75, 3.05) is 13.7 Å². The lowest BCUT2D eigenvalue weighted by Gasteiger charge is -2.37. The molecule has 6 heteroatoms. The topological polar surface area (TPSA) is 38.8 Å². The van der Waals surface area contributed by atoms with Gasteiger partial charge in [-0.1, -0.05) is 19.9 Å². The summed E-state index contributed by atoms with van der Waals surface area (Å²) in [6, 6.07) is 4.85. The molecule has 1 unspecified atom stereocenters. The highest BCUT2D eigenvalue weighted by Crippen LogP contribution is 2.30. The monoisotopic (exact) mass is 353 g/mol. The standard InChI is InChI=1S/C19H25F2NO3/c1-13(2)15-6-4-5-11-22(15)18(23)10-8-14-7-9-16(25-19(20)21)17(12-14)24-3/h7-10,12-13,15,19H,4-6,11H2,1-3H3/b10-8+. The van der Waals surface area contributed by atoms with Gasteiger partial charge in [0.15, 0.2) is 11.5 Å². The van der Waals surface area contributed by atoms with Gasteiger partial charge in [-0.05, 0) is 49.0 Å². The van der Waals surface area contributed by atoms with Gasteiger partial charge in [-0.15, -0.1) is 0 Å². The molecule has 1 fully saturated rings. The average molecular weight is 353 g/mol. The Morgan fingerprint density at radius 3 is 2.68 bits per heavy atom. The van der Waals surface area contributed by atoms with Crippen molar-refractivity contribution in [3.8, 4) is 11.5 Å². The lowest BCUT2D eigenvalue weighted by molar-refractivity contribution is -0.130. The number of carbonyl (C=O) groups is 1. The number of alkyl halides is 2. The molecule has 1 atom stereocenters. The number of piperidine rings is 1. The van der Waals surface area contributed by atoms with E-state index in [0.29, 0.717) is 11.5 Å². The first-order valence-corrected chi connectivity index (χ1v) is 8.54. The molecule has 0 spiro atoms. The summed E-state index contributed by atoms with van der Waals surface area (Å²) >= 11 is 0. The van der Waals surface area contributed by atoms with Crippen LogP contribution in [0.3, 0.4) is 0 Å². The summed E-state index contributed by atoms with van der Waals surface area (Å²) in [4.78, 5) is 14.5. The molecule has 1 aromatic carbocycles. The molecule has 1 amide bonds. The highest BCUT2D eigenvalue weighted by molar-refractivity contribution is 5.92. The van der Waals surface area contributed by atoms with Gasteiger partial charge in [-0.2, -0.15) is 8.78 Å². The van der Waals surface area contributed by atoms with E-state index in [9.17, 15) is 13.6 Å². The fraction of sp³-hybridized carbons (Fsp3) is 0.526. The van der Waals surface area contributed by atoms with Crippen molar-refractivity contribution in [1.29, 1.82) is 0 Å². The molecule has 0 bridgehead atoms. The van der Waals surface area contributed by atoms with Crippen molar-refractivity contribution < 1.29 is 23.0 Å². The lowest BCUT2D eigenvalue weighted by Crippen LogP contribution is -2.45. The number of likely N-dealkylation sites (tertiary alicyclic amines) is 1. The van der Waals surface area contributed by atoms with E-state index in [4.69, 9.17) is 4.74 Å². The zero-order valence-corrected chi connectivity index (χ0v) is 14.9. The van der Waals surface area contributed by atoms with E-state index in [0.717, 1.165) is 25.8 Å². The summed E-state index contributed by atoms with van der Waals surface area (Å²) in [5, 5.41) is 0. The van der Waals surface area contributed by atoms with Crippen LogP contribution in [0.15, 0.2) is 24.3 Å². The predicted octanol–water partition coefficient (Wildman–Crippen LogP) is 4.35. The van der Waals surface area contributed by atoms with Crippen molar-refractivity contribution >= 4 is 12.0 Å². The van der Waals surface area contributed by atoms with Gasteiger partial charge in [0.05, 0.1) is 7.11 Å². The summed E-state index contributed by atoms with van der Waals surface area (Å²) in [6.07, 6.45) is 6.41. The van der Waals surface area contributed by atoms with Crippen molar-refractivity contribution in [3.63, 3.8) is 0 Å². The van der Waals surface area contributed by atoms with Gasteiger partial charge in [-0.25, -0.2) is 0 Å². The Hall–Kier alpha value is -2.11. The number of methoxy groups -OCH3 is 1.